The van der Waals surface area contributed by atoms with E-state index in [2.05, 4.69) is 19.4 Å². The molecule has 0 saturated heterocycles. The molecule has 1 amide bonds. The molecule has 0 radical (unpaired) electrons. The van der Waals surface area contributed by atoms with E-state index in [0.29, 0.717) is 22.9 Å². The summed E-state index contributed by atoms with van der Waals surface area (Å²) in [7, 11) is 5.92. The molecule has 0 unspecified atom stereocenters. The first-order chi connectivity index (χ1) is 10.5. The summed E-state index contributed by atoms with van der Waals surface area (Å²) in [4.78, 5) is 13.9. The summed E-state index contributed by atoms with van der Waals surface area (Å²) in [5.41, 5.74) is 0.634. The summed E-state index contributed by atoms with van der Waals surface area (Å²) in [6, 6.07) is 5.11. The lowest BCUT2D eigenvalue weighted by molar-refractivity contribution is -0.916. The molecule has 1 aromatic rings. The maximum atomic E-state index is 12.5. The van der Waals surface area contributed by atoms with Crippen LogP contribution in [-0.4, -0.2) is 39.2 Å². The van der Waals surface area contributed by atoms with E-state index in [1.807, 2.05) is 0 Å². The molecular formula is C17H26ClN2O2+. The number of ether oxygens (including phenoxy) is 1. The van der Waals surface area contributed by atoms with Crippen molar-refractivity contribution in [3.05, 3.63) is 28.8 Å². The number of carbonyl (C=O) groups excluding carboxylic acids is 1. The van der Waals surface area contributed by atoms with E-state index in [9.17, 15) is 4.79 Å². The maximum absolute atomic E-state index is 12.5. The molecule has 5 heteroatoms. The Bertz CT molecular complexity index is 525. The second-order valence-corrected chi connectivity index (χ2v) is 6.80. The molecule has 0 bridgehead atoms. The van der Waals surface area contributed by atoms with Crippen LogP contribution in [0.15, 0.2) is 18.2 Å². The van der Waals surface area contributed by atoms with Gasteiger partial charge in [-0.2, -0.15) is 0 Å². The molecule has 1 aliphatic rings. The van der Waals surface area contributed by atoms with Crippen LogP contribution in [-0.2, 0) is 0 Å². The van der Waals surface area contributed by atoms with Gasteiger partial charge in [0.2, 0.25) is 0 Å². The van der Waals surface area contributed by atoms with Gasteiger partial charge in [-0.05, 0) is 31.0 Å². The van der Waals surface area contributed by atoms with Gasteiger partial charge in [0, 0.05) is 17.9 Å². The van der Waals surface area contributed by atoms with Crippen LogP contribution in [0.25, 0.3) is 0 Å². The Balaban J connectivity index is 2.10. The summed E-state index contributed by atoms with van der Waals surface area (Å²) < 4.78 is 5.26. The fraction of sp³-hybridized carbons (Fsp3) is 0.588. The quantitative estimate of drug-likeness (QED) is 0.868. The first kappa shape index (κ1) is 17.1. The number of amides is 1. The highest BCUT2D eigenvalue weighted by atomic mass is 35.5. The number of likely N-dealkylation sites (N-methyl/N-ethyl adjacent to an activating group) is 1. The number of hydrogen-bond acceptors (Lipinski definition) is 2. The van der Waals surface area contributed by atoms with Crippen molar-refractivity contribution in [1.82, 2.24) is 5.32 Å². The zero-order valence-electron chi connectivity index (χ0n) is 13.7. The topological polar surface area (TPSA) is 42.8 Å². The number of methoxy groups -OCH3 is 1. The second-order valence-electron chi connectivity index (χ2n) is 6.37. The third kappa shape index (κ3) is 3.73. The second kappa shape index (κ2) is 7.34. The van der Waals surface area contributed by atoms with Crippen molar-refractivity contribution >= 4 is 17.5 Å². The molecular weight excluding hydrogens is 300 g/mol. The number of hydrogen-bond donors (Lipinski definition) is 2. The fourth-order valence-corrected chi connectivity index (χ4v) is 3.46. The number of benzene rings is 1. The van der Waals surface area contributed by atoms with Gasteiger partial charge in [0.15, 0.2) is 0 Å². The van der Waals surface area contributed by atoms with Crippen LogP contribution < -0.4 is 15.0 Å². The Hall–Kier alpha value is -1.26. The van der Waals surface area contributed by atoms with Gasteiger partial charge in [-0.25, -0.2) is 0 Å². The van der Waals surface area contributed by atoms with E-state index in [0.717, 1.165) is 12.8 Å². The predicted molar refractivity (Wildman–Crippen MR) is 89.0 cm³/mol. The van der Waals surface area contributed by atoms with Crippen LogP contribution in [0.4, 0.5) is 0 Å². The van der Waals surface area contributed by atoms with Gasteiger partial charge in [-0.1, -0.05) is 18.0 Å². The smallest absolute Gasteiger partial charge is 0.255 e. The van der Waals surface area contributed by atoms with Crippen molar-refractivity contribution in [2.24, 2.45) is 0 Å². The highest BCUT2D eigenvalue weighted by Gasteiger charge is 2.38. The van der Waals surface area contributed by atoms with Gasteiger partial charge in [0.05, 0.1) is 33.3 Å². The average Bonchev–Trinajstić information content (AvgIpc) is 2.53. The third-order valence-corrected chi connectivity index (χ3v) is 5.10. The molecule has 0 atom stereocenters. The minimum Gasteiger partial charge on any atom is -0.496 e. The van der Waals surface area contributed by atoms with Gasteiger partial charge in [-0.15, -0.1) is 0 Å². The molecule has 122 valence electrons. The van der Waals surface area contributed by atoms with Crippen LogP contribution in [0.3, 0.4) is 0 Å². The molecule has 4 nitrogen and oxygen atoms in total. The van der Waals surface area contributed by atoms with Gasteiger partial charge < -0.3 is 15.0 Å². The van der Waals surface area contributed by atoms with Crippen LogP contribution in [0.2, 0.25) is 5.02 Å². The molecule has 0 aliphatic heterocycles. The van der Waals surface area contributed by atoms with Crippen molar-refractivity contribution in [1.29, 1.82) is 0 Å². The van der Waals surface area contributed by atoms with E-state index in [4.69, 9.17) is 16.3 Å². The minimum absolute atomic E-state index is 0.120. The normalized spacial score (nSPS) is 17.3. The summed E-state index contributed by atoms with van der Waals surface area (Å²) >= 11 is 6.00. The molecule has 1 saturated carbocycles. The lowest BCUT2D eigenvalue weighted by Gasteiger charge is -2.39. The van der Waals surface area contributed by atoms with Crippen LogP contribution in [0.1, 0.15) is 42.5 Å². The van der Waals surface area contributed by atoms with Gasteiger partial charge in [0.1, 0.15) is 11.3 Å². The van der Waals surface area contributed by atoms with Gasteiger partial charge >= 0.3 is 0 Å². The minimum atomic E-state index is -0.120. The molecule has 0 spiro atoms. The molecule has 2 N–H and O–H groups in total. The molecule has 1 aromatic carbocycles. The summed E-state index contributed by atoms with van der Waals surface area (Å²) in [5, 5.41) is 3.63. The van der Waals surface area contributed by atoms with E-state index in [1.54, 1.807) is 25.3 Å². The van der Waals surface area contributed by atoms with E-state index in [-0.39, 0.29) is 11.4 Å². The predicted octanol–water partition coefficient (Wildman–Crippen LogP) is 1.93. The fourth-order valence-electron chi connectivity index (χ4n) is 3.28. The Morgan fingerprint density at radius 2 is 2.00 bits per heavy atom. The summed E-state index contributed by atoms with van der Waals surface area (Å²) in [5.74, 6) is 0.433. The summed E-state index contributed by atoms with van der Waals surface area (Å²) in [6.45, 7) is 0.684. The van der Waals surface area contributed by atoms with Gasteiger partial charge in [0.25, 0.3) is 5.91 Å². The highest BCUT2D eigenvalue weighted by Crippen LogP contribution is 2.26. The standard InChI is InChI=1S/C17H25ClN2O2/c1-20(2)17(9-5-4-6-10-17)12-19-16(21)14-11-13(18)7-8-15(14)22-3/h7-8,11H,4-6,9-10,12H2,1-3H3,(H,19,21)/p+1. The van der Waals surface area contributed by atoms with Crippen LogP contribution in [0.5, 0.6) is 5.75 Å². The molecule has 1 aliphatic carbocycles. The SMILES string of the molecule is COc1ccc(Cl)cc1C(=O)NCC1([NH+](C)C)CCCCC1. The molecule has 1 fully saturated rings. The molecule has 2 rings (SSSR count). The lowest BCUT2D eigenvalue weighted by Crippen LogP contribution is -3.16. The number of rotatable bonds is 5. The first-order valence-corrected chi connectivity index (χ1v) is 8.29. The van der Waals surface area contributed by atoms with E-state index in [1.165, 1.54) is 24.2 Å². The first-order valence-electron chi connectivity index (χ1n) is 7.91. The Labute approximate surface area is 137 Å². The van der Waals surface area contributed by atoms with Gasteiger partial charge in [-0.3, -0.25) is 4.79 Å². The number of quaternary nitrogens is 1. The average molecular weight is 326 g/mol. The molecule has 22 heavy (non-hydrogen) atoms. The highest BCUT2D eigenvalue weighted by molar-refractivity contribution is 6.31. The van der Waals surface area contributed by atoms with Crippen molar-refractivity contribution in [2.45, 2.75) is 37.6 Å². The van der Waals surface area contributed by atoms with Crippen molar-refractivity contribution < 1.29 is 14.4 Å². The largest absolute Gasteiger partial charge is 0.496 e. The van der Waals surface area contributed by atoms with Crippen molar-refractivity contribution in [3.63, 3.8) is 0 Å². The molecule has 0 aromatic heterocycles. The molecule has 0 heterocycles. The zero-order valence-corrected chi connectivity index (χ0v) is 14.4. The number of carbonyl (C=O) groups is 1. The number of halogens is 1. The van der Waals surface area contributed by atoms with E-state index >= 15 is 0 Å². The summed E-state index contributed by atoms with van der Waals surface area (Å²) in [6.07, 6.45) is 6.08. The van der Waals surface area contributed by atoms with Crippen molar-refractivity contribution in [2.75, 3.05) is 27.7 Å². The zero-order chi connectivity index (χ0) is 16.2. The third-order valence-electron chi connectivity index (χ3n) is 4.86. The van der Waals surface area contributed by atoms with Crippen molar-refractivity contribution in [3.8, 4) is 5.75 Å². The van der Waals surface area contributed by atoms with E-state index < -0.39 is 0 Å². The monoisotopic (exact) mass is 325 g/mol. The van der Waals surface area contributed by atoms with Crippen LogP contribution in [0, 0.1) is 0 Å². The Morgan fingerprint density at radius 1 is 1.32 bits per heavy atom. The number of nitrogens with one attached hydrogen (secondary N) is 2. The maximum Gasteiger partial charge on any atom is 0.255 e. The van der Waals surface area contributed by atoms with Crippen LogP contribution >= 0.6 is 11.6 Å². The Morgan fingerprint density at radius 3 is 2.59 bits per heavy atom. The lowest BCUT2D eigenvalue weighted by atomic mass is 9.80. The Kier molecular flexibility index (Phi) is 5.70.